The van der Waals surface area contributed by atoms with Crippen molar-refractivity contribution in [3.63, 3.8) is 0 Å². The van der Waals surface area contributed by atoms with Gasteiger partial charge in [-0.15, -0.1) is 11.6 Å². The van der Waals surface area contributed by atoms with Crippen molar-refractivity contribution in [1.82, 2.24) is 10.3 Å². The summed E-state index contributed by atoms with van der Waals surface area (Å²) in [6, 6.07) is 1.80. The van der Waals surface area contributed by atoms with Gasteiger partial charge in [-0.05, 0) is 39.3 Å². The topological polar surface area (TPSA) is 42.0 Å². The number of hydrogen-bond acceptors (Lipinski definition) is 2. The summed E-state index contributed by atoms with van der Waals surface area (Å²) in [6.07, 6.45) is 3.27. The van der Waals surface area contributed by atoms with Crippen LogP contribution >= 0.6 is 11.6 Å². The average molecular weight is 241 g/mol. The molecule has 1 unspecified atom stereocenters. The van der Waals surface area contributed by atoms with Crippen LogP contribution in [0.15, 0.2) is 18.5 Å². The maximum Gasteiger partial charge on any atom is 0.253 e. The summed E-state index contributed by atoms with van der Waals surface area (Å²) >= 11 is 6.00. The predicted octanol–water partition coefficient (Wildman–Crippen LogP) is 2.53. The van der Waals surface area contributed by atoms with Gasteiger partial charge in [-0.3, -0.25) is 9.78 Å². The van der Waals surface area contributed by atoms with E-state index in [1.807, 2.05) is 27.7 Å². The second-order valence-corrected chi connectivity index (χ2v) is 5.20. The van der Waals surface area contributed by atoms with Crippen molar-refractivity contribution in [2.75, 3.05) is 0 Å². The lowest BCUT2D eigenvalue weighted by Crippen LogP contribution is -2.49. The minimum absolute atomic E-state index is 0.144. The third kappa shape index (κ3) is 3.20. The molecule has 3 nitrogen and oxygen atoms in total. The molecule has 1 N–H and O–H groups in total. The molecule has 0 saturated heterocycles. The molecule has 0 fully saturated rings. The standard InChI is InChI=1S/C12H17ClN2O/c1-8-5-10(7-14-6-8)11(16)15-12(3,4)9(2)13/h5-7,9H,1-4H3,(H,15,16). The zero-order valence-electron chi connectivity index (χ0n) is 10.0. The Labute approximate surface area is 101 Å². The number of carbonyl (C=O) groups excluding carboxylic acids is 1. The van der Waals surface area contributed by atoms with Crippen LogP contribution < -0.4 is 5.32 Å². The summed E-state index contributed by atoms with van der Waals surface area (Å²) in [5.41, 5.74) is 1.08. The number of halogens is 1. The van der Waals surface area contributed by atoms with Crippen LogP contribution in [-0.2, 0) is 0 Å². The summed E-state index contributed by atoms with van der Waals surface area (Å²) in [6.45, 7) is 7.55. The number of nitrogens with one attached hydrogen (secondary N) is 1. The number of nitrogens with zero attached hydrogens (tertiary/aromatic N) is 1. The van der Waals surface area contributed by atoms with Crippen molar-refractivity contribution in [1.29, 1.82) is 0 Å². The monoisotopic (exact) mass is 240 g/mol. The molecular weight excluding hydrogens is 224 g/mol. The van der Waals surface area contributed by atoms with Crippen LogP contribution in [0.4, 0.5) is 0 Å². The van der Waals surface area contributed by atoms with E-state index >= 15 is 0 Å². The highest BCUT2D eigenvalue weighted by Crippen LogP contribution is 2.15. The van der Waals surface area contributed by atoms with E-state index < -0.39 is 5.54 Å². The third-order valence-corrected chi connectivity index (χ3v) is 3.11. The number of pyridine rings is 1. The average Bonchev–Trinajstić information content (AvgIpc) is 2.16. The maximum absolute atomic E-state index is 11.9. The molecule has 0 radical (unpaired) electrons. The minimum atomic E-state index is -0.442. The summed E-state index contributed by atoms with van der Waals surface area (Å²) < 4.78 is 0. The predicted molar refractivity (Wildman–Crippen MR) is 65.8 cm³/mol. The molecule has 1 aromatic heterocycles. The number of hydrogen-bond donors (Lipinski definition) is 1. The molecular formula is C12H17ClN2O. The van der Waals surface area contributed by atoms with Gasteiger partial charge < -0.3 is 5.32 Å². The highest BCUT2D eigenvalue weighted by Gasteiger charge is 2.26. The second-order valence-electron chi connectivity index (χ2n) is 4.54. The van der Waals surface area contributed by atoms with Crippen LogP contribution in [0.3, 0.4) is 0 Å². The van der Waals surface area contributed by atoms with Gasteiger partial charge in [0.2, 0.25) is 0 Å². The van der Waals surface area contributed by atoms with E-state index in [0.717, 1.165) is 5.56 Å². The van der Waals surface area contributed by atoms with E-state index in [4.69, 9.17) is 11.6 Å². The van der Waals surface area contributed by atoms with Crippen molar-refractivity contribution in [2.24, 2.45) is 0 Å². The molecule has 0 spiro atoms. The lowest BCUT2D eigenvalue weighted by molar-refractivity contribution is 0.0912. The molecule has 4 heteroatoms. The van der Waals surface area contributed by atoms with Crippen LogP contribution in [-0.4, -0.2) is 21.8 Å². The van der Waals surface area contributed by atoms with Gasteiger partial charge in [-0.2, -0.15) is 0 Å². The van der Waals surface area contributed by atoms with E-state index in [1.54, 1.807) is 18.5 Å². The quantitative estimate of drug-likeness (QED) is 0.825. The number of rotatable bonds is 3. The molecule has 1 atom stereocenters. The van der Waals surface area contributed by atoms with Gasteiger partial charge in [0.25, 0.3) is 5.91 Å². The van der Waals surface area contributed by atoms with Crippen LogP contribution in [0.1, 0.15) is 36.7 Å². The largest absolute Gasteiger partial charge is 0.346 e. The molecule has 16 heavy (non-hydrogen) atoms. The number of alkyl halides is 1. The molecule has 1 aromatic rings. The van der Waals surface area contributed by atoms with Crippen LogP contribution in [0.2, 0.25) is 0 Å². The maximum atomic E-state index is 11.9. The van der Waals surface area contributed by atoms with E-state index in [0.29, 0.717) is 5.56 Å². The second kappa shape index (κ2) is 4.83. The van der Waals surface area contributed by atoms with E-state index in [2.05, 4.69) is 10.3 Å². The van der Waals surface area contributed by atoms with Gasteiger partial charge in [0.15, 0.2) is 0 Å². The van der Waals surface area contributed by atoms with Crippen molar-refractivity contribution in [3.8, 4) is 0 Å². The fraction of sp³-hybridized carbons (Fsp3) is 0.500. The van der Waals surface area contributed by atoms with Gasteiger partial charge in [0.05, 0.1) is 16.5 Å². The number of carbonyl (C=O) groups is 1. The molecule has 1 amide bonds. The summed E-state index contributed by atoms with van der Waals surface area (Å²) in [7, 11) is 0. The smallest absolute Gasteiger partial charge is 0.253 e. The number of amides is 1. The van der Waals surface area contributed by atoms with Crippen molar-refractivity contribution in [2.45, 2.75) is 38.6 Å². The first-order chi connectivity index (χ1) is 7.33. The number of aromatic nitrogens is 1. The summed E-state index contributed by atoms with van der Waals surface area (Å²) in [5.74, 6) is -0.145. The SMILES string of the molecule is Cc1cncc(C(=O)NC(C)(C)C(C)Cl)c1. The van der Waals surface area contributed by atoms with Crippen molar-refractivity contribution >= 4 is 17.5 Å². The normalized spacial score (nSPS) is 13.3. The Morgan fingerprint density at radius 2 is 2.12 bits per heavy atom. The van der Waals surface area contributed by atoms with Gasteiger partial charge in [-0.25, -0.2) is 0 Å². The molecule has 0 aromatic carbocycles. The zero-order chi connectivity index (χ0) is 12.3. The van der Waals surface area contributed by atoms with Crippen molar-refractivity contribution < 1.29 is 4.79 Å². The zero-order valence-corrected chi connectivity index (χ0v) is 10.8. The molecule has 0 aliphatic rings. The lowest BCUT2D eigenvalue weighted by Gasteiger charge is -2.28. The summed E-state index contributed by atoms with van der Waals surface area (Å²) in [4.78, 5) is 15.9. The Balaban J connectivity index is 2.81. The first-order valence-corrected chi connectivity index (χ1v) is 5.65. The van der Waals surface area contributed by atoms with Gasteiger partial charge in [0, 0.05) is 12.4 Å². The molecule has 0 saturated carbocycles. The molecule has 1 heterocycles. The fourth-order valence-electron chi connectivity index (χ4n) is 1.14. The first-order valence-electron chi connectivity index (χ1n) is 5.21. The Morgan fingerprint density at radius 1 is 1.50 bits per heavy atom. The van der Waals surface area contributed by atoms with E-state index in [1.165, 1.54) is 0 Å². The molecule has 0 aliphatic carbocycles. The molecule has 1 rings (SSSR count). The highest BCUT2D eigenvalue weighted by molar-refractivity contribution is 6.21. The van der Waals surface area contributed by atoms with Gasteiger partial charge in [0.1, 0.15) is 0 Å². The van der Waals surface area contributed by atoms with Crippen LogP contribution in [0.25, 0.3) is 0 Å². The summed E-state index contributed by atoms with van der Waals surface area (Å²) in [5, 5.41) is 2.74. The lowest BCUT2D eigenvalue weighted by atomic mass is 10.0. The van der Waals surface area contributed by atoms with E-state index in [-0.39, 0.29) is 11.3 Å². The number of aryl methyl sites for hydroxylation is 1. The molecule has 0 bridgehead atoms. The van der Waals surface area contributed by atoms with Gasteiger partial charge >= 0.3 is 0 Å². The van der Waals surface area contributed by atoms with Crippen molar-refractivity contribution in [3.05, 3.63) is 29.6 Å². The highest BCUT2D eigenvalue weighted by atomic mass is 35.5. The minimum Gasteiger partial charge on any atom is -0.346 e. The third-order valence-electron chi connectivity index (χ3n) is 2.57. The Morgan fingerprint density at radius 3 is 2.62 bits per heavy atom. The fourth-order valence-corrected chi connectivity index (χ4v) is 1.20. The Bertz CT molecular complexity index is 388. The molecule has 88 valence electrons. The Kier molecular flexibility index (Phi) is 3.92. The Hall–Kier alpha value is -1.09. The van der Waals surface area contributed by atoms with E-state index in [9.17, 15) is 4.79 Å². The van der Waals surface area contributed by atoms with Crippen LogP contribution in [0.5, 0.6) is 0 Å². The first kappa shape index (κ1) is 13.0. The van der Waals surface area contributed by atoms with Gasteiger partial charge in [-0.1, -0.05) is 0 Å². The molecule has 0 aliphatic heterocycles. The van der Waals surface area contributed by atoms with Crippen LogP contribution in [0, 0.1) is 6.92 Å².